The van der Waals surface area contributed by atoms with Crippen LogP contribution in [-0.4, -0.2) is 5.78 Å². The summed E-state index contributed by atoms with van der Waals surface area (Å²) < 4.78 is 0.811. The van der Waals surface area contributed by atoms with Crippen molar-refractivity contribution in [1.82, 2.24) is 0 Å². The summed E-state index contributed by atoms with van der Waals surface area (Å²) in [5.41, 5.74) is 1.75. The molecule has 0 unspecified atom stereocenters. The molecule has 0 fully saturated rings. The lowest BCUT2D eigenvalue weighted by Gasteiger charge is -2.15. The maximum absolute atomic E-state index is 11.3. The fourth-order valence-electron chi connectivity index (χ4n) is 1.38. The topological polar surface area (TPSA) is 17.1 Å². The van der Waals surface area contributed by atoms with Crippen LogP contribution >= 0.6 is 15.9 Å². The van der Waals surface area contributed by atoms with Gasteiger partial charge in [0.15, 0.2) is 5.78 Å². The van der Waals surface area contributed by atoms with Crippen LogP contribution in [0, 0.1) is 0 Å². The third-order valence-electron chi connectivity index (χ3n) is 1.99. The van der Waals surface area contributed by atoms with Gasteiger partial charge in [0.25, 0.3) is 0 Å². The molecule has 0 aromatic rings. The van der Waals surface area contributed by atoms with Crippen molar-refractivity contribution < 1.29 is 4.79 Å². The van der Waals surface area contributed by atoms with Gasteiger partial charge in [0.1, 0.15) is 0 Å². The van der Waals surface area contributed by atoms with E-state index >= 15 is 0 Å². The molecule has 0 N–H and O–H groups in total. The second-order valence-electron chi connectivity index (χ2n) is 2.78. The summed E-state index contributed by atoms with van der Waals surface area (Å²) in [6.45, 7) is 7.40. The fourth-order valence-corrected chi connectivity index (χ4v) is 1.79. The predicted octanol–water partition coefficient (Wildman–Crippen LogP) is 3.13. The van der Waals surface area contributed by atoms with Gasteiger partial charge in [-0.2, -0.15) is 0 Å². The molecule has 0 heterocycles. The highest BCUT2D eigenvalue weighted by Crippen LogP contribution is 2.30. The molecule has 0 atom stereocenters. The molecule has 1 aliphatic carbocycles. The molecule has 0 bridgehead atoms. The highest BCUT2D eigenvalue weighted by atomic mass is 79.9. The minimum absolute atomic E-state index is 0.187. The SMILES string of the molecule is C=CC1=C(C(=C)Br)CCCC1=O. The zero-order valence-corrected chi connectivity index (χ0v) is 8.49. The Morgan fingerprint density at radius 2 is 2.17 bits per heavy atom. The first-order valence-corrected chi connectivity index (χ1v) is 4.69. The number of halogens is 1. The minimum Gasteiger partial charge on any atom is -0.294 e. The Morgan fingerprint density at radius 3 is 2.58 bits per heavy atom. The maximum Gasteiger partial charge on any atom is 0.163 e. The molecule has 0 aliphatic heterocycles. The molecule has 0 amide bonds. The summed E-state index contributed by atoms with van der Waals surface area (Å²) in [4.78, 5) is 11.3. The summed E-state index contributed by atoms with van der Waals surface area (Å²) in [6.07, 6.45) is 4.13. The second kappa shape index (κ2) is 3.85. The van der Waals surface area contributed by atoms with Gasteiger partial charge in [-0.1, -0.05) is 35.2 Å². The summed E-state index contributed by atoms with van der Waals surface area (Å²) in [6, 6.07) is 0. The van der Waals surface area contributed by atoms with Crippen LogP contribution in [0.3, 0.4) is 0 Å². The first kappa shape index (κ1) is 9.46. The number of ketones is 1. The van der Waals surface area contributed by atoms with Crippen LogP contribution in [0.4, 0.5) is 0 Å². The van der Waals surface area contributed by atoms with E-state index in [1.165, 1.54) is 0 Å². The summed E-state index contributed by atoms with van der Waals surface area (Å²) >= 11 is 3.29. The molecule has 1 rings (SSSR count). The average Bonchev–Trinajstić information content (AvgIpc) is 2.03. The van der Waals surface area contributed by atoms with Gasteiger partial charge >= 0.3 is 0 Å². The fraction of sp³-hybridized carbons (Fsp3) is 0.300. The average molecular weight is 227 g/mol. The van der Waals surface area contributed by atoms with Crippen LogP contribution in [0.1, 0.15) is 19.3 Å². The maximum atomic E-state index is 11.3. The largest absolute Gasteiger partial charge is 0.294 e. The Morgan fingerprint density at radius 1 is 1.50 bits per heavy atom. The van der Waals surface area contributed by atoms with E-state index in [0.717, 1.165) is 28.5 Å². The van der Waals surface area contributed by atoms with Gasteiger partial charge in [0.05, 0.1) is 0 Å². The number of allylic oxidation sites excluding steroid dienone is 4. The van der Waals surface area contributed by atoms with Crippen molar-refractivity contribution in [2.45, 2.75) is 19.3 Å². The normalized spacial score (nSPS) is 17.9. The zero-order valence-electron chi connectivity index (χ0n) is 6.90. The molecule has 0 aromatic heterocycles. The minimum atomic E-state index is 0.187. The molecular weight excluding hydrogens is 216 g/mol. The summed E-state index contributed by atoms with van der Waals surface area (Å²) in [5.74, 6) is 0.187. The first-order valence-electron chi connectivity index (χ1n) is 3.90. The van der Waals surface area contributed by atoms with E-state index in [1.807, 2.05) is 0 Å². The predicted molar refractivity (Wildman–Crippen MR) is 54.1 cm³/mol. The highest BCUT2D eigenvalue weighted by Gasteiger charge is 2.18. The highest BCUT2D eigenvalue weighted by molar-refractivity contribution is 9.11. The van der Waals surface area contributed by atoms with Gasteiger partial charge in [-0.05, 0) is 18.4 Å². The van der Waals surface area contributed by atoms with Crippen LogP contribution in [0.5, 0.6) is 0 Å². The Balaban J connectivity index is 3.10. The number of Topliss-reactive ketones (excluding diaryl/α,β-unsaturated/α-hetero) is 1. The third-order valence-corrected chi connectivity index (χ3v) is 2.47. The first-order chi connectivity index (χ1) is 5.66. The van der Waals surface area contributed by atoms with Gasteiger partial charge in [-0.15, -0.1) is 0 Å². The van der Waals surface area contributed by atoms with Gasteiger partial charge in [-0.25, -0.2) is 0 Å². The molecule has 0 saturated carbocycles. The van der Waals surface area contributed by atoms with E-state index in [4.69, 9.17) is 0 Å². The zero-order chi connectivity index (χ0) is 9.14. The standard InChI is InChI=1S/C10H11BrO/c1-3-8-9(7(2)11)5-4-6-10(8)12/h3H,1-2,4-6H2. The lowest BCUT2D eigenvalue weighted by atomic mass is 9.91. The lowest BCUT2D eigenvalue weighted by Crippen LogP contribution is -2.09. The molecular formula is C10H11BrO. The lowest BCUT2D eigenvalue weighted by molar-refractivity contribution is -0.115. The van der Waals surface area contributed by atoms with Crippen LogP contribution in [0.15, 0.2) is 34.9 Å². The molecule has 64 valence electrons. The van der Waals surface area contributed by atoms with Crippen LogP contribution in [0.2, 0.25) is 0 Å². The van der Waals surface area contributed by atoms with Gasteiger partial charge in [0.2, 0.25) is 0 Å². The number of carbonyl (C=O) groups excluding carboxylic acids is 1. The summed E-state index contributed by atoms with van der Waals surface area (Å²) in [7, 11) is 0. The van der Waals surface area contributed by atoms with E-state index in [9.17, 15) is 4.79 Å². The van der Waals surface area contributed by atoms with Gasteiger partial charge in [-0.3, -0.25) is 4.79 Å². The van der Waals surface area contributed by atoms with Crippen molar-refractivity contribution in [3.63, 3.8) is 0 Å². The monoisotopic (exact) mass is 226 g/mol. The van der Waals surface area contributed by atoms with Crippen molar-refractivity contribution in [3.05, 3.63) is 34.9 Å². The summed E-state index contributed by atoms with van der Waals surface area (Å²) in [5, 5.41) is 0. The molecule has 1 aliphatic rings. The van der Waals surface area contributed by atoms with Gasteiger partial charge < -0.3 is 0 Å². The number of hydrogen-bond donors (Lipinski definition) is 0. The molecule has 2 heteroatoms. The van der Waals surface area contributed by atoms with Crippen LogP contribution in [-0.2, 0) is 4.79 Å². The number of rotatable bonds is 2. The molecule has 12 heavy (non-hydrogen) atoms. The quantitative estimate of drug-likeness (QED) is 0.708. The number of carbonyl (C=O) groups is 1. The smallest absolute Gasteiger partial charge is 0.163 e. The van der Waals surface area contributed by atoms with Crippen molar-refractivity contribution in [3.8, 4) is 0 Å². The van der Waals surface area contributed by atoms with Crippen molar-refractivity contribution in [1.29, 1.82) is 0 Å². The van der Waals surface area contributed by atoms with Crippen molar-refractivity contribution >= 4 is 21.7 Å². The second-order valence-corrected chi connectivity index (χ2v) is 3.74. The molecule has 0 aromatic carbocycles. The number of hydrogen-bond acceptors (Lipinski definition) is 1. The van der Waals surface area contributed by atoms with E-state index in [-0.39, 0.29) is 5.78 Å². The van der Waals surface area contributed by atoms with Crippen molar-refractivity contribution in [2.24, 2.45) is 0 Å². The van der Waals surface area contributed by atoms with E-state index in [1.54, 1.807) is 6.08 Å². The van der Waals surface area contributed by atoms with E-state index in [2.05, 4.69) is 29.1 Å². The Hall–Kier alpha value is -0.630. The molecule has 0 spiro atoms. The molecule has 0 radical (unpaired) electrons. The van der Waals surface area contributed by atoms with Gasteiger partial charge in [0, 0.05) is 16.5 Å². The van der Waals surface area contributed by atoms with Crippen molar-refractivity contribution in [2.75, 3.05) is 0 Å². The van der Waals surface area contributed by atoms with E-state index < -0.39 is 0 Å². The Kier molecular flexibility index (Phi) is 3.04. The Bertz CT molecular complexity index is 274. The molecule has 1 nitrogen and oxygen atoms in total. The Labute approximate surface area is 81.0 Å². The molecule has 0 saturated heterocycles. The van der Waals surface area contributed by atoms with Crippen LogP contribution < -0.4 is 0 Å². The van der Waals surface area contributed by atoms with Crippen LogP contribution in [0.25, 0.3) is 0 Å². The third kappa shape index (κ3) is 1.75. The van der Waals surface area contributed by atoms with E-state index in [0.29, 0.717) is 6.42 Å².